The summed E-state index contributed by atoms with van der Waals surface area (Å²) in [5, 5.41) is 3.41. The Balaban J connectivity index is 1.61. The molecule has 1 fully saturated rings. The number of aryl methyl sites for hydroxylation is 1. The molecule has 104 valence electrons. The van der Waals surface area contributed by atoms with Crippen LogP contribution < -0.4 is 5.32 Å². The lowest BCUT2D eigenvalue weighted by Gasteiger charge is -2.37. The van der Waals surface area contributed by atoms with E-state index in [4.69, 9.17) is 0 Å². The van der Waals surface area contributed by atoms with Gasteiger partial charge in [-0.1, -0.05) is 40.2 Å². The molecule has 2 aromatic rings. The van der Waals surface area contributed by atoms with Crippen LogP contribution in [0, 0.1) is 12.7 Å². The summed E-state index contributed by atoms with van der Waals surface area (Å²) in [6, 6.07) is 14.2. The van der Waals surface area contributed by atoms with E-state index in [1.807, 2.05) is 18.2 Å². The van der Waals surface area contributed by atoms with Gasteiger partial charge in [0.1, 0.15) is 5.82 Å². The fourth-order valence-corrected chi connectivity index (χ4v) is 3.32. The van der Waals surface area contributed by atoms with Crippen molar-refractivity contribution in [3.05, 3.63) is 63.9 Å². The molecule has 0 unspecified atom stereocenters. The summed E-state index contributed by atoms with van der Waals surface area (Å²) in [7, 11) is 0. The molecule has 1 aliphatic carbocycles. The Bertz CT molecular complexity index is 620. The fraction of sp³-hybridized carbons (Fsp3) is 0.294. The number of rotatable bonds is 3. The van der Waals surface area contributed by atoms with Gasteiger partial charge in [0, 0.05) is 16.2 Å². The first-order chi connectivity index (χ1) is 9.63. The van der Waals surface area contributed by atoms with Crippen molar-refractivity contribution in [1.29, 1.82) is 0 Å². The van der Waals surface area contributed by atoms with Gasteiger partial charge in [-0.05, 0) is 55.0 Å². The highest BCUT2D eigenvalue weighted by molar-refractivity contribution is 9.10. The Hall–Kier alpha value is -1.35. The van der Waals surface area contributed by atoms with Crippen LogP contribution in [-0.4, -0.2) is 6.04 Å². The number of halogens is 2. The molecule has 0 atom stereocenters. The van der Waals surface area contributed by atoms with Gasteiger partial charge < -0.3 is 5.32 Å². The zero-order valence-electron chi connectivity index (χ0n) is 11.4. The van der Waals surface area contributed by atoms with Crippen LogP contribution in [0.1, 0.15) is 29.9 Å². The first-order valence-corrected chi connectivity index (χ1v) is 7.70. The third kappa shape index (κ3) is 2.73. The van der Waals surface area contributed by atoms with Crippen molar-refractivity contribution in [1.82, 2.24) is 0 Å². The molecule has 0 aromatic heterocycles. The van der Waals surface area contributed by atoms with E-state index < -0.39 is 0 Å². The normalized spacial score (nSPS) is 21.4. The molecule has 0 bridgehead atoms. The molecule has 1 aliphatic rings. The van der Waals surface area contributed by atoms with Gasteiger partial charge in [0.25, 0.3) is 0 Å². The number of benzene rings is 2. The van der Waals surface area contributed by atoms with Crippen molar-refractivity contribution in [2.24, 2.45) is 0 Å². The summed E-state index contributed by atoms with van der Waals surface area (Å²) >= 11 is 3.61. The lowest BCUT2D eigenvalue weighted by molar-refractivity contribution is 0.373. The lowest BCUT2D eigenvalue weighted by Crippen LogP contribution is -2.34. The molecule has 0 spiro atoms. The van der Waals surface area contributed by atoms with E-state index >= 15 is 0 Å². The van der Waals surface area contributed by atoms with Crippen LogP contribution in [0.15, 0.2) is 46.9 Å². The van der Waals surface area contributed by atoms with Crippen LogP contribution in [-0.2, 0) is 0 Å². The molecule has 1 N–H and O–H groups in total. The highest BCUT2D eigenvalue weighted by atomic mass is 79.9. The molecule has 1 saturated carbocycles. The van der Waals surface area contributed by atoms with E-state index in [2.05, 4.69) is 39.4 Å². The zero-order valence-corrected chi connectivity index (χ0v) is 13.0. The first-order valence-electron chi connectivity index (χ1n) is 6.90. The van der Waals surface area contributed by atoms with E-state index in [9.17, 15) is 4.39 Å². The van der Waals surface area contributed by atoms with E-state index in [1.54, 1.807) is 13.0 Å². The Morgan fingerprint density at radius 1 is 1.15 bits per heavy atom. The highest BCUT2D eigenvalue weighted by Crippen LogP contribution is 2.41. The topological polar surface area (TPSA) is 12.0 Å². The highest BCUT2D eigenvalue weighted by Gasteiger charge is 2.31. The summed E-state index contributed by atoms with van der Waals surface area (Å²) < 4.78 is 14.7. The lowest BCUT2D eigenvalue weighted by atomic mass is 9.76. The second kappa shape index (κ2) is 5.57. The maximum Gasteiger partial charge on any atom is 0.128 e. The minimum Gasteiger partial charge on any atom is -0.382 e. The Morgan fingerprint density at radius 2 is 1.90 bits per heavy atom. The van der Waals surface area contributed by atoms with E-state index in [1.165, 1.54) is 10.0 Å². The minimum atomic E-state index is -0.142. The summed E-state index contributed by atoms with van der Waals surface area (Å²) in [4.78, 5) is 0. The monoisotopic (exact) mass is 333 g/mol. The molecule has 2 aromatic carbocycles. The third-order valence-corrected chi connectivity index (χ3v) is 4.75. The van der Waals surface area contributed by atoms with Gasteiger partial charge in [-0.15, -0.1) is 0 Å². The van der Waals surface area contributed by atoms with Gasteiger partial charge in [0.05, 0.1) is 0 Å². The maximum absolute atomic E-state index is 13.5. The SMILES string of the molecule is Cc1ccc(NC2CC(c3ccccc3Br)C2)cc1F. The van der Waals surface area contributed by atoms with Crippen molar-refractivity contribution < 1.29 is 4.39 Å². The number of hydrogen-bond acceptors (Lipinski definition) is 1. The van der Waals surface area contributed by atoms with Crippen LogP contribution in [0.3, 0.4) is 0 Å². The second-order valence-electron chi connectivity index (χ2n) is 5.50. The maximum atomic E-state index is 13.5. The molecule has 20 heavy (non-hydrogen) atoms. The minimum absolute atomic E-state index is 0.142. The van der Waals surface area contributed by atoms with Crippen molar-refractivity contribution in [3.63, 3.8) is 0 Å². The van der Waals surface area contributed by atoms with Crippen LogP contribution in [0.25, 0.3) is 0 Å². The molecular weight excluding hydrogens is 317 g/mol. The molecule has 0 heterocycles. The van der Waals surface area contributed by atoms with Gasteiger partial charge in [0.2, 0.25) is 0 Å². The van der Waals surface area contributed by atoms with Crippen LogP contribution in [0.2, 0.25) is 0 Å². The van der Waals surface area contributed by atoms with Gasteiger partial charge >= 0.3 is 0 Å². The Kier molecular flexibility index (Phi) is 3.79. The second-order valence-corrected chi connectivity index (χ2v) is 6.35. The largest absolute Gasteiger partial charge is 0.382 e. The molecular formula is C17H17BrFN. The Labute approximate surface area is 127 Å². The zero-order chi connectivity index (χ0) is 14.1. The van der Waals surface area contributed by atoms with Crippen molar-refractivity contribution >= 4 is 21.6 Å². The van der Waals surface area contributed by atoms with Crippen LogP contribution in [0.5, 0.6) is 0 Å². The summed E-state index contributed by atoms with van der Waals surface area (Å²) in [5.41, 5.74) is 2.94. The average molecular weight is 334 g/mol. The predicted molar refractivity (Wildman–Crippen MR) is 84.7 cm³/mol. The number of hydrogen-bond donors (Lipinski definition) is 1. The molecule has 0 aliphatic heterocycles. The van der Waals surface area contributed by atoms with Crippen molar-refractivity contribution in [2.45, 2.75) is 31.7 Å². The van der Waals surface area contributed by atoms with E-state index in [0.717, 1.165) is 18.5 Å². The quantitative estimate of drug-likeness (QED) is 0.808. The number of anilines is 1. The van der Waals surface area contributed by atoms with Gasteiger partial charge in [-0.25, -0.2) is 4.39 Å². The molecule has 1 nitrogen and oxygen atoms in total. The van der Waals surface area contributed by atoms with Crippen LogP contribution >= 0.6 is 15.9 Å². The molecule has 0 amide bonds. The van der Waals surface area contributed by atoms with Crippen LogP contribution in [0.4, 0.5) is 10.1 Å². The van der Waals surface area contributed by atoms with Gasteiger partial charge in [-0.2, -0.15) is 0 Å². The Morgan fingerprint density at radius 3 is 2.60 bits per heavy atom. The standard InChI is InChI=1S/C17H17BrFN/c1-11-6-7-13(10-17(11)19)20-14-8-12(9-14)15-4-2-3-5-16(15)18/h2-7,10,12,14,20H,8-9H2,1H3. The predicted octanol–water partition coefficient (Wildman–Crippen LogP) is 5.25. The average Bonchev–Trinajstić information content (AvgIpc) is 2.39. The summed E-state index contributed by atoms with van der Waals surface area (Å²) in [6.45, 7) is 1.78. The molecule has 3 heteroatoms. The van der Waals surface area contributed by atoms with Crippen molar-refractivity contribution in [3.8, 4) is 0 Å². The smallest absolute Gasteiger partial charge is 0.128 e. The van der Waals surface area contributed by atoms with E-state index in [0.29, 0.717) is 17.5 Å². The third-order valence-electron chi connectivity index (χ3n) is 4.03. The van der Waals surface area contributed by atoms with Crippen molar-refractivity contribution in [2.75, 3.05) is 5.32 Å². The first kappa shape index (κ1) is 13.6. The fourth-order valence-electron chi connectivity index (χ4n) is 2.71. The van der Waals surface area contributed by atoms with Gasteiger partial charge in [-0.3, -0.25) is 0 Å². The summed E-state index contributed by atoms with van der Waals surface area (Å²) in [6.07, 6.45) is 2.19. The van der Waals surface area contributed by atoms with Gasteiger partial charge in [0.15, 0.2) is 0 Å². The van der Waals surface area contributed by atoms with E-state index in [-0.39, 0.29) is 5.82 Å². The summed E-state index contributed by atoms with van der Waals surface area (Å²) in [5.74, 6) is 0.454. The number of nitrogens with one attached hydrogen (secondary N) is 1. The molecule has 0 radical (unpaired) electrons. The molecule has 3 rings (SSSR count). The molecule has 0 saturated heterocycles.